The predicted octanol–water partition coefficient (Wildman–Crippen LogP) is 1.48. The molecule has 112 valence electrons. The van der Waals surface area contributed by atoms with E-state index in [0.717, 1.165) is 0 Å². The monoisotopic (exact) mass is 309 g/mol. The number of sulfonamides is 1. The Kier molecular flexibility index (Phi) is 4.18. The lowest BCUT2D eigenvalue weighted by atomic mass is 10.3. The average Bonchev–Trinajstić information content (AvgIpc) is 2.47. The second kappa shape index (κ2) is 5.88. The largest absolute Gasteiger partial charge is 0.497 e. The predicted molar refractivity (Wildman–Crippen MR) is 79.0 cm³/mol. The first-order chi connectivity index (χ1) is 9.97. The number of anilines is 2. The fourth-order valence-electron chi connectivity index (χ4n) is 1.71. The van der Waals surface area contributed by atoms with Gasteiger partial charge in [0.15, 0.2) is 0 Å². The third-order valence-corrected chi connectivity index (χ3v) is 4.17. The van der Waals surface area contributed by atoms with Crippen LogP contribution in [0.15, 0.2) is 41.6 Å². The van der Waals surface area contributed by atoms with Gasteiger partial charge in [-0.05, 0) is 18.2 Å². The van der Waals surface area contributed by atoms with Gasteiger partial charge < -0.3 is 15.2 Å². The van der Waals surface area contributed by atoms with Crippen molar-refractivity contribution >= 4 is 21.4 Å². The number of nitrogen functional groups attached to an aromatic ring is 1. The second-order valence-corrected chi connectivity index (χ2v) is 5.74. The van der Waals surface area contributed by atoms with Crippen molar-refractivity contribution in [1.29, 1.82) is 0 Å². The Balaban J connectivity index is 2.43. The Labute approximate surface area is 122 Å². The average molecular weight is 309 g/mol. The van der Waals surface area contributed by atoms with E-state index in [1.54, 1.807) is 12.1 Å². The SMILES string of the molecule is COc1ccc(OC)c(NS(=O)(=O)c2cnccc2N)c1. The number of rotatable bonds is 5. The van der Waals surface area contributed by atoms with E-state index in [-0.39, 0.29) is 16.3 Å². The van der Waals surface area contributed by atoms with E-state index in [4.69, 9.17) is 15.2 Å². The van der Waals surface area contributed by atoms with Gasteiger partial charge in [-0.25, -0.2) is 8.42 Å². The third kappa shape index (κ3) is 3.16. The molecule has 2 aromatic rings. The van der Waals surface area contributed by atoms with Gasteiger partial charge >= 0.3 is 0 Å². The summed E-state index contributed by atoms with van der Waals surface area (Å²) in [6, 6.07) is 6.19. The molecule has 21 heavy (non-hydrogen) atoms. The molecule has 0 amide bonds. The number of aromatic nitrogens is 1. The van der Waals surface area contributed by atoms with Crippen LogP contribution in [0.3, 0.4) is 0 Å². The van der Waals surface area contributed by atoms with Crippen molar-refractivity contribution in [2.45, 2.75) is 4.90 Å². The fraction of sp³-hybridized carbons (Fsp3) is 0.154. The van der Waals surface area contributed by atoms with E-state index < -0.39 is 10.0 Å². The van der Waals surface area contributed by atoms with Gasteiger partial charge in [-0.15, -0.1) is 0 Å². The molecule has 0 aliphatic heterocycles. The van der Waals surface area contributed by atoms with Gasteiger partial charge in [-0.2, -0.15) is 0 Å². The van der Waals surface area contributed by atoms with Crippen molar-refractivity contribution in [1.82, 2.24) is 4.98 Å². The van der Waals surface area contributed by atoms with Gasteiger partial charge in [-0.3, -0.25) is 9.71 Å². The summed E-state index contributed by atoms with van der Waals surface area (Å²) in [5, 5.41) is 0. The molecule has 0 spiro atoms. The topological polar surface area (TPSA) is 104 Å². The minimum atomic E-state index is -3.87. The van der Waals surface area contributed by atoms with E-state index in [1.807, 2.05) is 0 Å². The Morgan fingerprint density at radius 1 is 1.19 bits per heavy atom. The van der Waals surface area contributed by atoms with Crippen LogP contribution in [0.4, 0.5) is 11.4 Å². The molecule has 0 fully saturated rings. The molecule has 0 aliphatic rings. The van der Waals surface area contributed by atoms with Crippen LogP contribution in [0.25, 0.3) is 0 Å². The van der Waals surface area contributed by atoms with Crippen molar-refractivity contribution in [3.8, 4) is 11.5 Å². The zero-order valence-electron chi connectivity index (χ0n) is 11.5. The summed E-state index contributed by atoms with van der Waals surface area (Å²) < 4.78 is 37.3. The zero-order chi connectivity index (χ0) is 15.5. The molecular formula is C13H15N3O4S. The normalized spacial score (nSPS) is 11.0. The summed E-state index contributed by atoms with van der Waals surface area (Å²) in [6.45, 7) is 0. The van der Waals surface area contributed by atoms with Crippen LogP contribution in [0.5, 0.6) is 11.5 Å². The highest BCUT2D eigenvalue weighted by Gasteiger charge is 2.20. The highest BCUT2D eigenvalue weighted by molar-refractivity contribution is 7.92. The molecule has 0 radical (unpaired) electrons. The van der Waals surface area contributed by atoms with Crippen molar-refractivity contribution < 1.29 is 17.9 Å². The Morgan fingerprint density at radius 2 is 1.95 bits per heavy atom. The van der Waals surface area contributed by atoms with E-state index in [0.29, 0.717) is 11.5 Å². The number of nitrogens with zero attached hydrogens (tertiary/aromatic N) is 1. The molecule has 1 heterocycles. The summed E-state index contributed by atoms with van der Waals surface area (Å²) >= 11 is 0. The molecule has 3 N–H and O–H groups in total. The molecule has 0 unspecified atom stereocenters. The van der Waals surface area contributed by atoms with Crippen LogP contribution in [0, 0.1) is 0 Å². The minimum Gasteiger partial charge on any atom is -0.497 e. The summed E-state index contributed by atoms with van der Waals surface area (Å²) in [4.78, 5) is 3.67. The van der Waals surface area contributed by atoms with E-state index in [1.165, 1.54) is 38.7 Å². The third-order valence-electron chi connectivity index (χ3n) is 2.76. The molecule has 0 bridgehead atoms. The highest BCUT2D eigenvalue weighted by Crippen LogP contribution is 2.31. The van der Waals surface area contributed by atoms with Crippen molar-refractivity contribution in [2.24, 2.45) is 0 Å². The molecule has 0 aliphatic carbocycles. The maximum atomic E-state index is 12.4. The molecule has 7 nitrogen and oxygen atoms in total. The summed E-state index contributed by atoms with van der Waals surface area (Å²) in [5.41, 5.74) is 6.03. The molecule has 0 atom stereocenters. The van der Waals surface area contributed by atoms with E-state index in [2.05, 4.69) is 9.71 Å². The van der Waals surface area contributed by atoms with Crippen LogP contribution in [-0.4, -0.2) is 27.6 Å². The maximum absolute atomic E-state index is 12.4. The van der Waals surface area contributed by atoms with E-state index >= 15 is 0 Å². The van der Waals surface area contributed by atoms with Crippen molar-refractivity contribution in [2.75, 3.05) is 24.7 Å². The zero-order valence-corrected chi connectivity index (χ0v) is 12.3. The number of nitrogens with one attached hydrogen (secondary N) is 1. The van der Waals surface area contributed by atoms with E-state index in [9.17, 15) is 8.42 Å². The summed E-state index contributed by atoms with van der Waals surface area (Å²) in [5.74, 6) is 0.856. The van der Waals surface area contributed by atoms with Gasteiger partial charge in [0.1, 0.15) is 16.4 Å². The van der Waals surface area contributed by atoms with Crippen LogP contribution < -0.4 is 19.9 Å². The van der Waals surface area contributed by atoms with Gasteiger partial charge in [0.2, 0.25) is 0 Å². The van der Waals surface area contributed by atoms with Crippen LogP contribution in [0.1, 0.15) is 0 Å². The van der Waals surface area contributed by atoms with Gasteiger partial charge in [-0.1, -0.05) is 0 Å². The number of benzene rings is 1. The second-order valence-electron chi connectivity index (χ2n) is 4.09. The molecular weight excluding hydrogens is 294 g/mol. The lowest BCUT2D eigenvalue weighted by Crippen LogP contribution is -2.15. The van der Waals surface area contributed by atoms with Gasteiger partial charge in [0.05, 0.1) is 25.6 Å². The lowest BCUT2D eigenvalue weighted by Gasteiger charge is -2.13. The molecule has 8 heteroatoms. The first-order valence-electron chi connectivity index (χ1n) is 5.92. The minimum absolute atomic E-state index is 0.102. The summed E-state index contributed by atoms with van der Waals surface area (Å²) in [6.07, 6.45) is 2.60. The number of nitrogens with two attached hydrogens (primary N) is 1. The van der Waals surface area contributed by atoms with Crippen molar-refractivity contribution in [3.05, 3.63) is 36.7 Å². The quantitative estimate of drug-likeness (QED) is 0.867. The number of hydrogen-bond acceptors (Lipinski definition) is 6. The molecule has 0 saturated heterocycles. The van der Waals surface area contributed by atoms with Gasteiger partial charge in [0.25, 0.3) is 10.0 Å². The number of ether oxygens (including phenoxy) is 2. The fourth-order valence-corrected chi connectivity index (χ4v) is 2.85. The smallest absolute Gasteiger partial charge is 0.265 e. The van der Waals surface area contributed by atoms with Crippen molar-refractivity contribution in [3.63, 3.8) is 0 Å². The highest BCUT2D eigenvalue weighted by atomic mass is 32.2. The van der Waals surface area contributed by atoms with Crippen LogP contribution >= 0.6 is 0 Å². The standard InChI is InChI=1S/C13H15N3O4S/c1-19-9-3-4-12(20-2)11(7-9)16-21(17,18)13-8-15-6-5-10(13)14/h3-8,16H,1-2H3,(H2,14,15). The Morgan fingerprint density at radius 3 is 2.57 bits per heavy atom. The number of pyridine rings is 1. The number of methoxy groups -OCH3 is 2. The summed E-state index contributed by atoms with van der Waals surface area (Å²) in [7, 11) is -0.947. The Bertz CT molecular complexity index is 747. The molecule has 1 aromatic heterocycles. The first kappa shape index (κ1) is 14.9. The molecule has 1 aromatic carbocycles. The maximum Gasteiger partial charge on any atom is 0.265 e. The lowest BCUT2D eigenvalue weighted by molar-refractivity contribution is 0.405. The Hall–Kier alpha value is -2.48. The van der Waals surface area contributed by atoms with Gasteiger partial charge in [0, 0.05) is 18.5 Å². The van der Waals surface area contributed by atoms with Crippen LogP contribution in [-0.2, 0) is 10.0 Å². The molecule has 2 rings (SSSR count). The number of hydrogen-bond donors (Lipinski definition) is 2. The van der Waals surface area contributed by atoms with Crippen LogP contribution in [0.2, 0.25) is 0 Å². The molecule has 0 saturated carbocycles. The first-order valence-corrected chi connectivity index (χ1v) is 7.40.